The predicted molar refractivity (Wildman–Crippen MR) is 90.8 cm³/mol. The summed E-state index contributed by atoms with van der Waals surface area (Å²) in [5, 5.41) is 12.6. The van der Waals surface area contributed by atoms with Gasteiger partial charge in [-0.15, -0.1) is 0 Å². The second-order valence-electron chi connectivity index (χ2n) is 6.67. The summed E-state index contributed by atoms with van der Waals surface area (Å²) < 4.78 is 11.3. The molecule has 0 radical (unpaired) electrons. The summed E-state index contributed by atoms with van der Waals surface area (Å²) in [5.74, 6) is 2.09. The van der Waals surface area contributed by atoms with E-state index >= 15 is 0 Å². The number of aromatic nitrogens is 2. The van der Waals surface area contributed by atoms with E-state index in [1.54, 1.807) is 6.33 Å². The Hall–Kier alpha value is -1.91. The zero-order valence-electron chi connectivity index (χ0n) is 14.3. The molecule has 3 atom stereocenters. The van der Waals surface area contributed by atoms with Gasteiger partial charge >= 0.3 is 0 Å². The molecule has 3 unspecified atom stereocenters. The first kappa shape index (κ1) is 16.9. The molecule has 0 amide bonds. The lowest BCUT2D eigenvalue weighted by Crippen LogP contribution is -2.43. The van der Waals surface area contributed by atoms with Crippen LogP contribution in [0.3, 0.4) is 0 Å². The van der Waals surface area contributed by atoms with E-state index in [2.05, 4.69) is 40.1 Å². The Morgan fingerprint density at radius 1 is 1.33 bits per heavy atom. The molecule has 130 valence electrons. The van der Waals surface area contributed by atoms with Crippen LogP contribution in [0.1, 0.15) is 26.7 Å². The highest BCUT2D eigenvalue weighted by Crippen LogP contribution is 2.24. The number of anilines is 2. The van der Waals surface area contributed by atoms with Gasteiger partial charge in [0.05, 0.1) is 31.4 Å². The number of ether oxygens (including phenoxy) is 2. The van der Waals surface area contributed by atoms with Gasteiger partial charge in [0.15, 0.2) is 6.10 Å². The first-order chi connectivity index (χ1) is 11.7. The first-order valence-electron chi connectivity index (χ1n) is 8.63. The average molecular weight is 331 g/mol. The fourth-order valence-corrected chi connectivity index (χ4v) is 3.34. The van der Waals surface area contributed by atoms with Crippen molar-refractivity contribution in [2.75, 3.05) is 36.5 Å². The number of nitrogens with zero attached hydrogens (tertiary/aromatic N) is 4. The highest BCUT2D eigenvalue weighted by Gasteiger charge is 2.29. The number of nitrogens with one attached hydrogen (secondary N) is 1. The van der Waals surface area contributed by atoms with Crippen molar-refractivity contribution in [3.63, 3.8) is 0 Å². The van der Waals surface area contributed by atoms with Gasteiger partial charge in [-0.2, -0.15) is 5.26 Å². The molecule has 2 aliphatic rings. The van der Waals surface area contributed by atoms with Crippen LogP contribution < -0.4 is 10.2 Å². The minimum atomic E-state index is -0.401. The molecule has 0 spiro atoms. The van der Waals surface area contributed by atoms with Gasteiger partial charge in [-0.3, -0.25) is 0 Å². The lowest BCUT2D eigenvalue weighted by Gasteiger charge is -2.35. The molecule has 0 saturated carbocycles. The third kappa shape index (κ3) is 3.94. The van der Waals surface area contributed by atoms with Crippen molar-refractivity contribution in [2.24, 2.45) is 5.92 Å². The van der Waals surface area contributed by atoms with Crippen molar-refractivity contribution in [1.29, 1.82) is 5.26 Å². The zero-order valence-corrected chi connectivity index (χ0v) is 14.3. The summed E-state index contributed by atoms with van der Waals surface area (Å²) in [5.41, 5.74) is 0. The minimum Gasteiger partial charge on any atom is -0.376 e. The monoisotopic (exact) mass is 331 g/mol. The van der Waals surface area contributed by atoms with Crippen molar-refractivity contribution in [1.82, 2.24) is 9.97 Å². The van der Waals surface area contributed by atoms with Crippen molar-refractivity contribution in [3.8, 4) is 6.07 Å². The fourth-order valence-electron chi connectivity index (χ4n) is 3.34. The molecule has 2 fully saturated rings. The van der Waals surface area contributed by atoms with Crippen LogP contribution in [0.15, 0.2) is 12.4 Å². The van der Waals surface area contributed by atoms with Gasteiger partial charge in [0.1, 0.15) is 18.0 Å². The molecular formula is C17H25N5O2. The standard InChI is InChI=1S/C17H25N5O2/c1-12(2)17-14(4-3-6-24-17)21-15-8-16(20-11-19-15)22-5-7-23-13(9-18)10-22/h8,11-14,17H,3-7,10H2,1-2H3,(H,19,20,21). The molecule has 2 saturated heterocycles. The Balaban J connectivity index is 1.70. The Morgan fingerprint density at radius 2 is 2.21 bits per heavy atom. The third-order valence-electron chi connectivity index (χ3n) is 4.54. The highest BCUT2D eigenvalue weighted by atomic mass is 16.5. The van der Waals surface area contributed by atoms with Crippen molar-refractivity contribution in [2.45, 2.75) is 44.9 Å². The molecule has 7 heteroatoms. The normalized spacial score (nSPS) is 27.8. The summed E-state index contributed by atoms with van der Waals surface area (Å²) in [4.78, 5) is 10.8. The van der Waals surface area contributed by atoms with Gasteiger partial charge in [-0.05, 0) is 18.8 Å². The molecule has 2 aliphatic heterocycles. The molecule has 3 rings (SSSR count). The highest BCUT2D eigenvalue weighted by molar-refractivity contribution is 5.49. The van der Waals surface area contributed by atoms with Crippen molar-refractivity contribution in [3.05, 3.63) is 12.4 Å². The summed E-state index contributed by atoms with van der Waals surface area (Å²) in [6.45, 7) is 7.01. The number of nitriles is 1. The topological polar surface area (TPSA) is 83.3 Å². The molecule has 0 aliphatic carbocycles. The average Bonchev–Trinajstić information content (AvgIpc) is 2.62. The zero-order chi connectivity index (χ0) is 16.9. The van der Waals surface area contributed by atoms with Crippen LogP contribution in [0.5, 0.6) is 0 Å². The van der Waals surface area contributed by atoms with E-state index in [4.69, 9.17) is 14.7 Å². The van der Waals surface area contributed by atoms with Gasteiger partial charge in [0, 0.05) is 19.2 Å². The molecule has 0 bridgehead atoms. The summed E-state index contributed by atoms with van der Waals surface area (Å²) in [7, 11) is 0. The molecule has 1 N–H and O–H groups in total. The summed E-state index contributed by atoms with van der Waals surface area (Å²) >= 11 is 0. The maximum absolute atomic E-state index is 9.05. The molecule has 3 heterocycles. The molecule has 1 aromatic heterocycles. The van der Waals surface area contributed by atoms with Crippen LogP contribution in [0.25, 0.3) is 0 Å². The lowest BCUT2D eigenvalue weighted by atomic mass is 9.94. The van der Waals surface area contributed by atoms with Crippen LogP contribution in [-0.2, 0) is 9.47 Å². The van der Waals surface area contributed by atoms with Crippen molar-refractivity contribution < 1.29 is 9.47 Å². The Bertz CT molecular complexity index is 589. The number of morpholine rings is 1. The maximum atomic E-state index is 9.05. The summed E-state index contributed by atoms with van der Waals surface area (Å²) in [6, 6.07) is 4.37. The Kier molecular flexibility index (Phi) is 5.48. The van der Waals surface area contributed by atoms with Gasteiger partial charge in [-0.25, -0.2) is 9.97 Å². The van der Waals surface area contributed by atoms with E-state index in [0.717, 1.165) is 37.6 Å². The van der Waals surface area contributed by atoms with Crippen LogP contribution in [0, 0.1) is 17.2 Å². The second kappa shape index (κ2) is 7.77. The lowest BCUT2D eigenvalue weighted by molar-refractivity contribution is -0.0203. The van der Waals surface area contributed by atoms with E-state index < -0.39 is 6.10 Å². The largest absolute Gasteiger partial charge is 0.376 e. The van der Waals surface area contributed by atoms with E-state index in [0.29, 0.717) is 19.1 Å². The quantitative estimate of drug-likeness (QED) is 0.901. The van der Waals surface area contributed by atoms with E-state index in [9.17, 15) is 0 Å². The van der Waals surface area contributed by atoms with Crippen molar-refractivity contribution >= 4 is 11.6 Å². The number of rotatable bonds is 4. The van der Waals surface area contributed by atoms with Gasteiger partial charge < -0.3 is 19.7 Å². The second-order valence-corrected chi connectivity index (χ2v) is 6.67. The molecule has 1 aromatic rings. The number of hydrogen-bond donors (Lipinski definition) is 1. The SMILES string of the molecule is CC(C)C1OCCCC1Nc1cc(N2CCOC(C#N)C2)ncn1. The van der Waals surface area contributed by atoms with E-state index in [1.165, 1.54) is 0 Å². The smallest absolute Gasteiger partial charge is 0.161 e. The van der Waals surface area contributed by atoms with Gasteiger partial charge in [0.2, 0.25) is 0 Å². The van der Waals surface area contributed by atoms with Crippen LogP contribution in [0.4, 0.5) is 11.6 Å². The molecule has 24 heavy (non-hydrogen) atoms. The van der Waals surface area contributed by atoms with Crippen LogP contribution >= 0.6 is 0 Å². The molecule has 0 aromatic carbocycles. The molecular weight excluding hydrogens is 306 g/mol. The van der Waals surface area contributed by atoms with Crippen LogP contribution in [0.2, 0.25) is 0 Å². The van der Waals surface area contributed by atoms with E-state index in [-0.39, 0.29) is 12.1 Å². The maximum Gasteiger partial charge on any atom is 0.161 e. The van der Waals surface area contributed by atoms with Gasteiger partial charge in [0.25, 0.3) is 0 Å². The summed E-state index contributed by atoms with van der Waals surface area (Å²) in [6.07, 6.45) is 3.51. The third-order valence-corrected chi connectivity index (χ3v) is 4.54. The number of hydrogen-bond acceptors (Lipinski definition) is 7. The van der Waals surface area contributed by atoms with Crippen LogP contribution in [-0.4, -0.2) is 54.5 Å². The Morgan fingerprint density at radius 3 is 3.00 bits per heavy atom. The molecule has 7 nitrogen and oxygen atoms in total. The predicted octanol–water partition coefficient (Wildman–Crippen LogP) is 1.82. The van der Waals surface area contributed by atoms with E-state index in [1.807, 2.05) is 6.07 Å². The van der Waals surface area contributed by atoms with Gasteiger partial charge in [-0.1, -0.05) is 13.8 Å². The first-order valence-corrected chi connectivity index (χ1v) is 8.63. The minimum absolute atomic E-state index is 0.198. The Labute approximate surface area is 143 Å². The fraction of sp³-hybridized carbons (Fsp3) is 0.706.